The largest absolute Gasteiger partial charge is 0.323 e. The van der Waals surface area contributed by atoms with Crippen LogP contribution in [0.15, 0.2) is 84.9 Å². The van der Waals surface area contributed by atoms with Gasteiger partial charge in [-0.15, -0.1) is 0 Å². The minimum atomic E-state index is -0.317. The van der Waals surface area contributed by atoms with Crippen LogP contribution >= 0.6 is 11.6 Å². The number of nitrogens with one attached hydrogen (secondary N) is 2. The number of aromatic nitrogens is 1. The van der Waals surface area contributed by atoms with Crippen molar-refractivity contribution in [3.8, 4) is 22.5 Å². The molecule has 0 aliphatic carbocycles. The zero-order valence-electron chi connectivity index (χ0n) is 20.5. The van der Waals surface area contributed by atoms with Gasteiger partial charge in [0.15, 0.2) is 0 Å². The Morgan fingerprint density at radius 3 is 2.00 bits per heavy atom. The van der Waals surface area contributed by atoms with Crippen LogP contribution in [0, 0.1) is 0 Å². The third kappa shape index (κ3) is 5.55. The molecule has 2 amide bonds. The van der Waals surface area contributed by atoms with Crippen molar-refractivity contribution in [1.29, 1.82) is 0 Å². The van der Waals surface area contributed by atoms with Gasteiger partial charge in [-0.05, 0) is 41.2 Å². The molecule has 0 bridgehead atoms. The van der Waals surface area contributed by atoms with Gasteiger partial charge in [-0.3, -0.25) is 0 Å². The molecule has 2 N–H and O–H groups in total. The lowest BCUT2D eigenvalue weighted by Gasteiger charge is -2.21. The van der Waals surface area contributed by atoms with E-state index in [2.05, 4.69) is 56.5 Å². The van der Waals surface area contributed by atoms with Gasteiger partial charge in [0.1, 0.15) is 0 Å². The van der Waals surface area contributed by atoms with Gasteiger partial charge in [0.05, 0.1) is 22.1 Å². The lowest BCUT2D eigenvalue weighted by molar-refractivity contribution is 0.262. The molecule has 0 unspecified atom stereocenters. The number of nitrogens with zero attached hydrogens (tertiary/aromatic N) is 1. The molecule has 0 atom stereocenters. The minimum absolute atomic E-state index is 0.273. The standard InChI is InChI=1S/C30H30ClN3O/c1-19(2)22-14-10-15-23(20(3)4)28(22)34-30(35)33-27-18-17-26(21-11-6-5-7-12-21)32-29(27)24-13-8-9-16-25(24)31/h5-20H,1-4H3,(H2,33,34,35). The number of carbonyl (C=O) groups excluding carboxylic acids is 1. The third-order valence-electron chi connectivity index (χ3n) is 5.95. The van der Waals surface area contributed by atoms with Crippen molar-refractivity contribution < 1.29 is 4.79 Å². The molecule has 4 rings (SSSR count). The lowest BCUT2D eigenvalue weighted by Crippen LogP contribution is -2.22. The predicted octanol–water partition coefficient (Wildman–Crippen LogP) is 8.96. The molecule has 4 aromatic rings. The number of hydrogen-bond acceptors (Lipinski definition) is 2. The van der Waals surface area contributed by atoms with Crippen LogP contribution in [0.1, 0.15) is 50.7 Å². The first-order valence-corrected chi connectivity index (χ1v) is 12.2. The Kier molecular flexibility index (Phi) is 7.52. The Labute approximate surface area is 212 Å². The molecular formula is C30H30ClN3O. The number of benzene rings is 3. The van der Waals surface area contributed by atoms with Crippen LogP contribution in [-0.4, -0.2) is 11.0 Å². The van der Waals surface area contributed by atoms with Crippen LogP contribution in [-0.2, 0) is 0 Å². The summed E-state index contributed by atoms with van der Waals surface area (Å²) in [5, 5.41) is 6.71. The van der Waals surface area contributed by atoms with Crippen LogP contribution in [0.4, 0.5) is 16.2 Å². The number of halogens is 1. The maximum atomic E-state index is 13.3. The molecule has 5 heteroatoms. The summed E-state index contributed by atoms with van der Waals surface area (Å²) in [7, 11) is 0. The van der Waals surface area contributed by atoms with Crippen molar-refractivity contribution in [3.63, 3.8) is 0 Å². The fourth-order valence-corrected chi connectivity index (χ4v) is 4.38. The SMILES string of the molecule is CC(C)c1cccc(C(C)C)c1NC(=O)Nc1ccc(-c2ccccc2)nc1-c1ccccc1Cl. The molecule has 178 valence electrons. The van der Waals surface area contributed by atoms with Crippen LogP contribution in [0.25, 0.3) is 22.5 Å². The first kappa shape index (κ1) is 24.5. The number of para-hydroxylation sites is 1. The number of carbonyl (C=O) groups is 1. The summed E-state index contributed by atoms with van der Waals surface area (Å²) >= 11 is 6.54. The van der Waals surface area contributed by atoms with Gasteiger partial charge < -0.3 is 10.6 Å². The third-order valence-corrected chi connectivity index (χ3v) is 6.28. The van der Waals surface area contributed by atoms with Crippen LogP contribution in [0.5, 0.6) is 0 Å². The van der Waals surface area contributed by atoms with Crippen LogP contribution in [0.3, 0.4) is 0 Å². The van der Waals surface area contributed by atoms with E-state index in [-0.39, 0.29) is 17.9 Å². The lowest BCUT2D eigenvalue weighted by atomic mass is 9.93. The Bertz CT molecular complexity index is 1310. The van der Waals surface area contributed by atoms with Gasteiger partial charge in [0, 0.05) is 16.8 Å². The second-order valence-corrected chi connectivity index (χ2v) is 9.55. The second kappa shape index (κ2) is 10.7. The topological polar surface area (TPSA) is 54.0 Å². The van der Waals surface area contributed by atoms with Crippen LogP contribution in [0.2, 0.25) is 5.02 Å². The molecule has 3 aromatic carbocycles. The number of amides is 2. The first-order valence-electron chi connectivity index (χ1n) is 11.9. The summed E-state index contributed by atoms with van der Waals surface area (Å²) in [4.78, 5) is 18.2. The number of anilines is 2. The zero-order valence-corrected chi connectivity index (χ0v) is 21.2. The molecule has 0 saturated carbocycles. The van der Waals surface area contributed by atoms with E-state index in [4.69, 9.17) is 16.6 Å². The average molecular weight is 484 g/mol. The summed E-state index contributed by atoms with van der Waals surface area (Å²) in [5.41, 5.74) is 6.83. The molecule has 0 fully saturated rings. The summed E-state index contributed by atoms with van der Waals surface area (Å²) < 4.78 is 0. The van der Waals surface area contributed by atoms with E-state index in [1.807, 2.05) is 66.7 Å². The molecule has 0 spiro atoms. The summed E-state index contributed by atoms with van der Waals surface area (Å²) in [6.07, 6.45) is 0. The van der Waals surface area contributed by atoms with Gasteiger partial charge >= 0.3 is 6.03 Å². The maximum Gasteiger partial charge on any atom is 0.323 e. The Balaban J connectivity index is 1.72. The van der Waals surface area contributed by atoms with E-state index >= 15 is 0 Å². The Hall–Kier alpha value is -3.63. The van der Waals surface area contributed by atoms with Crippen LogP contribution < -0.4 is 10.6 Å². The molecule has 1 heterocycles. The predicted molar refractivity (Wildman–Crippen MR) is 147 cm³/mol. The van der Waals surface area contributed by atoms with E-state index < -0.39 is 0 Å². The highest BCUT2D eigenvalue weighted by molar-refractivity contribution is 6.33. The summed E-state index contributed by atoms with van der Waals surface area (Å²) in [5.74, 6) is 0.545. The number of rotatable bonds is 6. The van der Waals surface area contributed by atoms with Gasteiger partial charge in [0.2, 0.25) is 0 Å². The number of hydrogen-bond donors (Lipinski definition) is 2. The maximum absolute atomic E-state index is 13.3. The molecule has 35 heavy (non-hydrogen) atoms. The van der Waals surface area contributed by atoms with Crippen molar-refractivity contribution in [3.05, 3.63) is 101 Å². The van der Waals surface area contributed by atoms with Crippen molar-refractivity contribution >= 4 is 29.0 Å². The summed E-state index contributed by atoms with van der Waals surface area (Å²) in [6, 6.07) is 27.1. The van der Waals surface area contributed by atoms with E-state index in [0.29, 0.717) is 16.4 Å². The fourth-order valence-electron chi connectivity index (χ4n) is 4.15. The molecule has 0 aliphatic rings. The van der Waals surface area contributed by atoms with E-state index in [0.717, 1.165) is 33.6 Å². The quantitative estimate of drug-likeness (QED) is 0.287. The highest BCUT2D eigenvalue weighted by atomic mass is 35.5. The van der Waals surface area contributed by atoms with Gasteiger partial charge in [-0.25, -0.2) is 9.78 Å². The summed E-state index contributed by atoms with van der Waals surface area (Å²) in [6.45, 7) is 8.52. The smallest absolute Gasteiger partial charge is 0.307 e. The van der Waals surface area contributed by atoms with Crippen molar-refractivity contribution in [2.45, 2.75) is 39.5 Å². The van der Waals surface area contributed by atoms with Gasteiger partial charge in [-0.2, -0.15) is 0 Å². The van der Waals surface area contributed by atoms with Gasteiger partial charge in [0.25, 0.3) is 0 Å². The molecule has 0 saturated heterocycles. The number of urea groups is 1. The molecule has 1 aromatic heterocycles. The number of pyridine rings is 1. The first-order chi connectivity index (χ1) is 16.8. The Morgan fingerprint density at radius 1 is 0.743 bits per heavy atom. The minimum Gasteiger partial charge on any atom is -0.307 e. The van der Waals surface area contributed by atoms with Crippen molar-refractivity contribution in [2.24, 2.45) is 0 Å². The second-order valence-electron chi connectivity index (χ2n) is 9.14. The van der Waals surface area contributed by atoms with Crippen molar-refractivity contribution in [1.82, 2.24) is 4.98 Å². The molecular weight excluding hydrogens is 454 g/mol. The Morgan fingerprint density at radius 2 is 1.37 bits per heavy atom. The fraction of sp³-hybridized carbons (Fsp3) is 0.200. The van der Waals surface area contributed by atoms with Gasteiger partial charge in [-0.1, -0.05) is 106 Å². The molecule has 4 nitrogen and oxygen atoms in total. The normalized spacial score (nSPS) is 11.1. The highest BCUT2D eigenvalue weighted by Crippen LogP contribution is 2.35. The highest BCUT2D eigenvalue weighted by Gasteiger charge is 2.18. The van der Waals surface area contributed by atoms with E-state index in [1.165, 1.54) is 0 Å². The average Bonchev–Trinajstić information content (AvgIpc) is 2.85. The van der Waals surface area contributed by atoms with Crippen molar-refractivity contribution in [2.75, 3.05) is 10.6 Å². The zero-order chi connectivity index (χ0) is 24.9. The van der Waals surface area contributed by atoms with E-state index in [9.17, 15) is 4.79 Å². The monoisotopic (exact) mass is 483 g/mol. The van der Waals surface area contributed by atoms with E-state index in [1.54, 1.807) is 0 Å². The molecule has 0 aliphatic heterocycles. The molecule has 0 radical (unpaired) electrons.